The lowest BCUT2D eigenvalue weighted by atomic mass is 9.97. The minimum absolute atomic E-state index is 0.0238. The van der Waals surface area contributed by atoms with Crippen molar-refractivity contribution >= 4 is 5.84 Å². The first kappa shape index (κ1) is 13.9. The van der Waals surface area contributed by atoms with Gasteiger partial charge in [-0.05, 0) is 31.5 Å². The molecule has 1 aliphatic heterocycles. The van der Waals surface area contributed by atoms with Crippen LogP contribution >= 0.6 is 0 Å². The lowest BCUT2D eigenvalue weighted by Crippen LogP contribution is -2.35. The Hall–Kier alpha value is -1.55. The SMILES string of the molecule is NC(=NO)C(CN1CCCCCC1)c1ccccc1. The molecular weight excluding hydrogens is 238 g/mol. The van der Waals surface area contributed by atoms with Crippen LogP contribution in [-0.4, -0.2) is 35.6 Å². The van der Waals surface area contributed by atoms with Crippen molar-refractivity contribution in [1.29, 1.82) is 0 Å². The fraction of sp³-hybridized carbons (Fsp3) is 0.533. The van der Waals surface area contributed by atoms with Crippen molar-refractivity contribution in [2.24, 2.45) is 10.9 Å². The molecule has 0 spiro atoms. The number of rotatable bonds is 4. The standard InChI is InChI=1S/C15H23N3O/c16-15(17-19)14(13-8-4-3-5-9-13)12-18-10-6-1-2-7-11-18/h3-5,8-9,14,19H,1-2,6-7,10-12H2,(H2,16,17). The molecule has 0 aliphatic carbocycles. The molecule has 19 heavy (non-hydrogen) atoms. The van der Waals surface area contributed by atoms with Crippen LogP contribution in [0.2, 0.25) is 0 Å². The van der Waals surface area contributed by atoms with E-state index < -0.39 is 0 Å². The summed E-state index contributed by atoms with van der Waals surface area (Å²) >= 11 is 0. The van der Waals surface area contributed by atoms with Crippen molar-refractivity contribution < 1.29 is 5.21 Å². The van der Waals surface area contributed by atoms with Gasteiger partial charge in [-0.1, -0.05) is 48.3 Å². The Labute approximate surface area is 114 Å². The van der Waals surface area contributed by atoms with Crippen LogP contribution in [0.25, 0.3) is 0 Å². The van der Waals surface area contributed by atoms with Gasteiger partial charge in [0.2, 0.25) is 0 Å². The third-order valence-corrected chi connectivity index (χ3v) is 3.81. The summed E-state index contributed by atoms with van der Waals surface area (Å²) < 4.78 is 0. The number of hydrogen-bond donors (Lipinski definition) is 2. The highest BCUT2D eigenvalue weighted by molar-refractivity contribution is 5.87. The molecule has 0 radical (unpaired) electrons. The summed E-state index contributed by atoms with van der Waals surface area (Å²) in [6, 6.07) is 10.1. The minimum Gasteiger partial charge on any atom is -0.409 e. The Morgan fingerprint density at radius 2 is 1.79 bits per heavy atom. The maximum atomic E-state index is 9.00. The second-order valence-electron chi connectivity index (χ2n) is 5.20. The molecule has 1 aliphatic rings. The van der Waals surface area contributed by atoms with E-state index in [-0.39, 0.29) is 5.92 Å². The van der Waals surface area contributed by atoms with Gasteiger partial charge in [-0.3, -0.25) is 0 Å². The monoisotopic (exact) mass is 261 g/mol. The van der Waals surface area contributed by atoms with Gasteiger partial charge >= 0.3 is 0 Å². The molecule has 2 rings (SSSR count). The van der Waals surface area contributed by atoms with E-state index in [9.17, 15) is 0 Å². The van der Waals surface area contributed by atoms with E-state index in [2.05, 4.69) is 10.1 Å². The van der Waals surface area contributed by atoms with Crippen LogP contribution in [0.1, 0.15) is 37.2 Å². The van der Waals surface area contributed by atoms with E-state index in [0.717, 1.165) is 25.2 Å². The molecule has 1 heterocycles. The minimum atomic E-state index is -0.0238. The van der Waals surface area contributed by atoms with Crippen molar-refractivity contribution in [3.8, 4) is 0 Å². The van der Waals surface area contributed by atoms with Gasteiger partial charge < -0.3 is 15.8 Å². The zero-order valence-corrected chi connectivity index (χ0v) is 11.3. The third kappa shape index (κ3) is 3.96. The number of hydrogen-bond acceptors (Lipinski definition) is 3. The molecule has 3 N–H and O–H groups in total. The van der Waals surface area contributed by atoms with Crippen molar-refractivity contribution in [2.45, 2.75) is 31.6 Å². The molecule has 4 heteroatoms. The number of oxime groups is 1. The lowest BCUT2D eigenvalue weighted by molar-refractivity contribution is 0.276. The van der Waals surface area contributed by atoms with Gasteiger partial charge in [0.05, 0.1) is 5.92 Å². The third-order valence-electron chi connectivity index (χ3n) is 3.81. The number of nitrogens with two attached hydrogens (primary N) is 1. The van der Waals surface area contributed by atoms with Crippen molar-refractivity contribution in [3.05, 3.63) is 35.9 Å². The lowest BCUT2D eigenvalue weighted by Gasteiger charge is -2.25. The fourth-order valence-corrected chi connectivity index (χ4v) is 2.70. The van der Waals surface area contributed by atoms with Gasteiger partial charge in [0.15, 0.2) is 0 Å². The maximum Gasteiger partial charge on any atom is 0.147 e. The molecule has 0 saturated carbocycles. The molecule has 1 aromatic carbocycles. The summed E-state index contributed by atoms with van der Waals surface area (Å²) in [4.78, 5) is 2.43. The topological polar surface area (TPSA) is 61.9 Å². The quantitative estimate of drug-likeness (QED) is 0.378. The largest absolute Gasteiger partial charge is 0.409 e. The van der Waals surface area contributed by atoms with Gasteiger partial charge in [-0.15, -0.1) is 0 Å². The van der Waals surface area contributed by atoms with Gasteiger partial charge in [0.25, 0.3) is 0 Å². The Morgan fingerprint density at radius 3 is 2.37 bits per heavy atom. The van der Waals surface area contributed by atoms with E-state index in [0.29, 0.717) is 5.84 Å². The van der Waals surface area contributed by atoms with Crippen LogP contribution in [0.15, 0.2) is 35.5 Å². The van der Waals surface area contributed by atoms with E-state index in [1.165, 1.54) is 25.7 Å². The predicted octanol–water partition coefficient (Wildman–Crippen LogP) is 2.39. The molecule has 1 aromatic rings. The highest BCUT2D eigenvalue weighted by atomic mass is 16.4. The molecule has 1 atom stereocenters. The smallest absolute Gasteiger partial charge is 0.147 e. The highest BCUT2D eigenvalue weighted by Crippen LogP contribution is 2.19. The first-order valence-electron chi connectivity index (χ1n) is 7.06. The number of likely N-dealkylation sites (tertiary alicyclic amines) is 1. The molecule has 0 amide bonds. The first-order chi connectivity index (χ1) is 9.31. The molecule has 0 aromatic heterocycles. The Balaban J connectivity index is 2.10. The zero-order valence-electron chi connectivity index (χ0n) is 11.3. The van der Waals surface area contributed by atoms with Gasteiger partial charge in [-0.2, -0.15) is 0 Å². The van der Waals surface area contributed by atoms with Gasteiger partial charge in [0.1, 0.15) is 5.84 Å². The molecule has 104 valence electrons. The van der Waals surface area contributed by atoms with Crippen molar-refractivity contribution in [3.63, 3.8) is 0 Å². The number of nitrogens with zero attached hydrogens (tertiary/aromatic N) is 2. The normalized spacial score (nSPS) is 19.9. The van der Waals surface area contributed by atoms with Crippen LogP contribution in [0.5, 0.6) is 0 Å². The summed E-state index contributed by atoms with van der Waals surface area (Å²) in [6.45, 7) is 3.06. The molecule has 0 bridgehead atoms. The number of amidine groups is 1. The second-order valence-corrected chi connectivity index (χ2v) is 5.20. The van der Waals surface area contributed by atoms with E-state index in [4.69, 9.17) is 10.9 Å². The van der Waals surface area contributed by atoms with Crippen LogP contribution in [-0.2, 0) is 0 Å². The highest BCUT2D eigenvalue weighted by Gasteiger charge is 2.20. The first-order valence-corrected chi connectivity index (χ1v) is 7.06. The van der Waals surface area contributed by atoms with Gasteiger partial charge in [-0.25, -0.2) is 0 Å². The summed E-state index contributed by atoms with van der Waals surface area (Å²) in [5, 5.41) is 12.2. The molecule has 4 nitrogen and oxygen atoms in total. The Morgan fingerprint density at radius 1 is 1.16 bits per heavy atom. The predicted molar refractivity (Wildman–Crippen MR) is 77.5 cm³/mol. The number of benzene rings is 1. The summed E-state index contributed by atoms with van der Waals surface area (Å²) in [5.41, 5.74) is 6.99. The van der Waals surface area contributed by atoms with Crippen LogP contribution < -0.4 is 5.73 Å². The molecule has 1 unspecified atom stereocenters. The van der Waals surface area contributed by atoms with Crippen LogP contribution in [0.4, 0.5) is 0 Å². The Kier molecular flexibility index (Phi) is 5.21. The zero-order chi connectivity index (χ0) is 13.5. The molecule has 1 saturated heterocycles. The van der Waals surface area contributed by atoms with Crippen molar-refractivity contribution in [2.75, 3.05) is 19.6 Å². The van der Waals surface area contributed by atoms with E-state index in [1.807, 2.05) is 30.3 Å². The van der Waals surface area contributed by atoms with E-state index >= 15 is 0 Å². The average molecular weight is 261 g/mol. The summed E-state index contributed by atoms with van der Waals surface area (Å²) in [5.74, 6) is 0.278. The maximum absolute atomic E-state index is 9.00. The van der Waals surface area contributed by atoms with Crippen LogP contribution in [0.3, 0.4) is 0 Å². The van der Waals surface area contributed by atoms with Gasteiger partial charge in [0, 0.05) is 6.54 Å². The Bertz CT molecular complexity index is 397. The molecule has 1 fully saturated rings. The molecular formula is C15H23N3O. The van der Waals surface area contributed by atoms with E-state index in [1.54, 1.807) is 0 Å². The fourth-order valence-electron chi connectivity index (χ4n) is 2.70. The average Bonchev–Trinajstić information content (AvgIpc) is 2.73. The van der Waals surface area contributed by atoms with Crippen molar-refractivity contribution in [1.82, 2.24) is 4.90 Å². The second kappa shape index (κ2) is 7.14. The van der Waals surface area contributed by atoms with Crippen LogP contribution in [0, 0.1) is 0 Å². The summed E-state index contributed by atoms with van der Waals surface area (Å²) in [7, 11) is 0. The summed E-state index contributed by atoms with van der Waals surface area (Å²) in [6.07, 6.45) is 5.13.